The average molecular weight is 183 g/mol. The number of nitrogens with two attached hydrogens (primary N) is 1. The topological polar surface area (TPSA) is 50.9 Å². The minimum absolute atomic E-state index is 0.844. The van der Waals surface area contributed by atoms with Crippen molar-refractivity contribution < 1.29 is 0 Å². The summed E-state index contributed by atoms with van der Waals surface area (Å²) in [5.74, 6) is 0.896. The van der Waals surface area contributed by atoms with Crippen molar-refractivity contribution in [2.24, 2.45) is 5.14 Å². The van der Waals surface area contributed by atoms with Gasteiger partial charge in [0.1, 0.15) is 10.8 Å². The van der Waals surface area contributed by atoms with Gasteiger partial charge in [0.2, 0.25) is 0 Å². The predicted molar refractivity (Wildman–Crippen MR) is 53.1 cm³/mol. The zero-order valence-corrected chi connectivity index (χ0v) is 7.90. The average Bonchev–Trinajstić information content (AvgIpc) is 2.15. The van der Waals surface area contributed by atoms with E-state index in [9.17, 15) is 0 Å². The van der Waals surface area contributed by atoms with Gasteiger partial charge in [-0.2, -0.15) is 0 Å². The number of pyridine rings is 1. The van der Waals surface area contributed by atoms with Crippen LogP contribution in [0.5, 0.6) is 0 Å². The van der Waals surface area contributed by atoms with E-state index < -0.39 is 0 Å². The molecule has 1 aromatic heterocycles. The lowest BCUT2D eigenvalue weighted by atomic mass is 10.4. The van der Waals surface area contributed by atoms with Crippen molar-refractivity contribution in [3.8, 4) is 0 Å². The first-order valence-corrected chi connectivity index (χ1v) is 4.82. The van der Waals surface area contributed by atoms with E-state index in [-0.39, 0.29) is 0 Å². The Kier molecular flexibility index (Phi) is 3.90. The molecular formula is C8H13N3S. The molecule has 1 heterocycles. The van der Waals surface area contributed by atoms with Crippen LogP contribution in [0.2, 0.25) is 0 Å². The highest BCUT2D eigenvalue weighted by Gasteiger charge is 1.94. The summed E-state index contributed by atoms with van der Waals surface area (Å²) in [6.45, 7) is 3.07. The zero-order valence-electron chi connectivity index (χ0n) is 7.08. The second kappa shape index (κ2) is 5.00. The lowest BCUT2D eigenvalue weighted by molar-refractivity contribution is 0.960. The van der Waals surface area contributed by atoms with E-state index >= 15 is 0 Å². The van der Waals surface area contributed by atoms with Crippen LogP contribution in [0.1, 0.15) is 13.3 Å². The smallest absolute Gasteiger partial charge is 0.127 e. The molecule has 4 heteroatoms. The molecule has 0 atom stereocenters. The summed E-state index contributed by atoms with van der Waals surface area (Å²) < 4.78 is 0. The van der Waals surface area contributed by atoms with Crippen molar-refractivity contribution >= 4 is 17.8 Å². The molecule has 3 N–H and O–H groups in total. The number of nitrogens with zero attached hydrogens (tertiary/aromatic N) is 1. The molecule has 1 aromatic rings. The summed E-state index contributed by atoms with van der Waals surface area (Å²) in [4.78, 5) is 4.26. The van der Waals surface area contributed by atoms with Gasteiger partial charge in [0.25, 0.3) is 0 Å². The fourth-order valence-electron chi connectivity index (χ4n) is 0.832. The third-order valence-corrected chi connectivity index (χ3v) is 1.87. The van der Waals surface area contributed by atoms with Crippen molar-refractivity contribution in [1.29, 1.82) is 0 Å². The van der Waals surface area contributed by atoms with Gasteiger partial charge in [-0.1, -0.05) is 13.0 Å². The first-order chi connectivity index (χ1) is 5.86. The molecule has 0 aromatic carbocycles. The van der Waals surface area contributed by atoms with Crippen molar-refractivity contribution in [2.45, 2.75) is 18.4 Å². The van der Waals surface area contributed by atoms with E-state index in [0.29, 0.717) is 0 Å². The fraction of sp³-hybridized carbons (Fsp3) is 0.375. The van der Waals surface area contributed by atoms with E-state index in [1.54, 1.807) is 0 Å². The monoisotopic (exact) mass is 183 g/mol. The highest BCUT2D eigenvalue weighted by atomic mass is 32.2. The summed E-state index contributed by atoms with van der Waals surface area (Å²) in [6.07, 6.45) is 1.10. The Morgan fingerprint density at radius 1 is 1.58 bits per heavy atom. The zero-order chi connectivity index (χ0) is 8.81. The predicted octanol–water partition coefficient (Wildman–Crippen LogP) is 1.87. The summed E-state index contributed by atoms with van der Waals surface area (Å²) in [7, 11) is 0. The SMILES string of the molecule is CCCNc1cccc(SN)n1. The molecule has 66 valence electrons. The van der Waals surface area contributed by atoms with Crippen LogP contribution in [0, 0.1) is 0 Å². The lowest BCUT2D eigenvalue weighted by Crippen LogP contribution is -2.01. The number of rotatable bonds is 4. The van der Waals surface area contributed by atoms with E-state index in [4.69, 9.17) is 5.14 Å². The summed E-state index contributed by atoms with van der Waals surface area (Å²) >= 11 is 1.17. The fourth-order valence-corrected chi connectivity index (χ4v) is 1.14. The van der Waals surface area contributed by atoms with E-state index in [1.807, 2.05) is 18.2 Å². The number of anilines is 1. The van der Waals surface area contributed by atoms with Crippen LogP contribution >= 0.6 is 11.9 Å². The maximum Gasteiger partial charge on any atom is 0.127 e. The first-order valence-electron chi connectivity index (χ1n) is 3.94. The maximum atomic E-state index is 5.37. The Labute approximate surface area is 76.9 Å². The molecule has 0 amide bonds. The van der Waals surface area contributed by atoms with Crippen molar-refractivity contribution in [3.63, 3.8) is 0 Å². The number of hydrogen-bond acceptors (Lipinski definition) is 4. The molecule has 0 fully saturated rings. The summed E-state index contributed by atoms with van der Waals surface area (Å²) in [6, 6.07) is 5.78. The Balaban J connectivity index is 2.60. The van der Waals surface area contributed by atoms with Gasteiger partial charge in [-0.15, -0.1) is 0 Å². The van der Waals surface area contributed by atoms with Crippen molar-refractivity contribution in [2.75, 3.05) is 11.9 Å². The second-order valence-corrected chi connectivity index (χ2v) is 3.06. The highest BCUT2D eigenvalue weighted by Crippen LogP contribution is 2.11. The molecule has 0 aliphatic heterocycles. The normalized spacial score (nSPS) is 9.83. The molecule has 0 radical (unpaired) electrons. The van der Waals surface area contributed by atoms with Gasteiger partial charge in [-0.25, -0.2) is 4.98 Å². The molecule has 0 unspecified atom stereocenters. The highest BCUT2D eigenvalue weighted by molar-refractivity contribution is 7.97. The van der Waals surface area contributed by atoms with Gasteiger partial charge in [-0.05, 0) is 30.5 Å². The lowest BCUT2D eigenvalue weighted by Gasteiger charge is -2.03. The first kappa shape index (κ1) is 9.35. The molecule has 0 saturated carbocycles. The van der Waals surface area contributed by atoms with Crippen LogP contribution in [0.4, 0.5) is 5.82 Å². The Morgan fingerprint density at radius 3 is 3.08 bits per heavy atom. The van der Waals surface area contributed by atoms with E-state index in [0.717, 1.165) is 23.8 Å². The third kappa shape index (κ3) is 2.71. The van der Waals surface area contributed by atoms with Crippen LogP contribution in [-0.4, -0.2) is 11.5 Å². The third-order valence-electron chi connectivity index (χ3n) is 1.40. The summed E-state index contributed by atoms with van der Waals surface area (Å²) in [5.41, 5.74) is 0. The van der Waals surface area contributed by atoms with Crippen LogP contribution in [-0.2, 0) is 0 Å². The summed E-state index contributed by atoms with van der Waals surface area (Å²) in [5, 5.41) is 9.41. The van der Waals surface area contributed by atoms with Crippen LogP contribution in [0.3, 0.4) is 0 Å². The Bertz CT molecular complexity index is 239. The number of nitrogens with one attached hydrogen (secondary N) is 1. The van der Waals surface area contributed by atoms with Gasteiger partial charge < -0.3 is 5.32 Å². The molecule has 1 rings (SSSR count). The van der Waals surface area contributed by atoms with Gasteiger partial charge in [0, 0.05) is 6.54 Å². The van der Waals surface area contributed by atoms with Gasteiger partial charge >= 0.3 is 0 Å². The van der Waals surface area contributed by atoms with Gasteiger partial charge in [-0.3, -0.25) is 5.14 Å². The number of aromatic nitrogens is 1. The van der Waals surface area contributed by atoms with E-state index in [2.05, 4.69) is 17.2 Å². The molecule has 12 heavy (non-hydrogen) atoms. The van der Waals surface area contributed by atoms with Gasteiger partial charge in [0.05, 0.1) is 0 Å². The largest absolute Gasteiger partial charge is 0.370 e. The van der Waals surface area contributed by atoms with Crippen molar-refractivity contribution in [3.05, 3.63) is 18.2 Å². The standard InChI is InChI=1S/C8H13N3S/c1-2-6-10-7-4-3-5-8(11-7)12-9/h3-5H,2,6,9H2,1H3,(H,10,11). The molecule has 0 bridgehead atoms. The number of hydrogen-bond donors (Lipinski definition) is 2. The van der Waals surface area contributed by atoms with Crippen LogP contribution in [0.15, 0.2) is 23.2 Å². The van der Waals surface area contributed by atoms with Crippen LogP contribution < -0.4 is 10.5 Å². The minimum Gasteiger partial charge on any atom is -0.370 e. The van der Waals surface area contributed by atoms with E-state index in [1.165, 1.54) is 11.9 Å². The van der Waals surface area contributed by atoms with Crippen molar-refractivity contribution in [1.82, 2.24) is 4.98 Å². The quantitative estimate of drug-likeness (QED) is 0.700. The maximum absolute atomic E-state index is 5.37. The molecule has 0 aliphatic carbocycles. The second-order valence-electron chi connectivity index (χ2n) is 2.41. The molecule has 3 nitrogen and oxygen atoms in total. The molecule has 0 spiro atoms. The minimum atomic E-state index is 0.844. The molecule has 0 saturated heterocycles. The van der Waals surface area contributed by atoms with Crippen LogP contribution in [0.25, 0.3) is 0 Å². The van der Waals surface area contributed by atoms with Gasteiger partial charge in [0.15, 0.2) is 0 Å². The molecular weight excluding hydrogens is 170 g/mol. The Hall–Kier alpha value is -0.740. The molecule has 0 aliphatic rings. The Morgan fingerprint density at radius 2 is 2.42 bits per heavy atom.